The van der Waals surface area contributed by atoms with Gasteiger partial charge >= 0.3 is 5.97 Å². The maximum absolute atomic E-state index is 11.2. The number of carbonyl (C=O) groups is 1. The van der Waals surface area contributed by atoms with Crippen LogP contribution in [-0.2, 0) is 4.79 Å². The average Bonchev–Trinajstić information content (AvgIpc) is 2.98. The van der Waals surface area contributed by atoms with Crippen molar-refractivity contribution in [3.05, 3.63) is 0 Å². The number of aliphatic hydroxyl groups is 2. The third kappa shape index (κ3) is 3.14. The predicted molar refractivity (Wildman–Crippen MR) is 109 cm³/mol. The van der Waals surface area contributed by atoms with Crippen molar-refractivity contribution >= 4 is 5.97 Å². The van der Waals surface area contributed by atoms with Crippen LogP contribution in [0, 0.1) is 46.3 Å². The van der Waals surface area contributed by atoms with Gasteiger partial charge in [-0.3, -0.25) is 4.79 Å². The Morgan fingerprint density at radius 3 is 2.39 bits per heavy atom. The van der Waals surface area contributed by atoms with E-state index in [0.29, 0.717) is 35.5 Å². The molecule has 160 valence electrons. The van der Waals surface area contributed by atoms with Gasteiger partial charge in [-0.1, -0.05) is 20.8 Å². The van der Waals surface area contributed by atoms with Gasteiger partial charge in [0.2, 0.25) is 0 Å². The monoisotopic (exact) mass is 392 g/mol. The van der Waals surface area contributed by atoms with Crippen molar-refractivity contribution in [1.82, 2.24) is 0 Å². The molecule has 4 saturated carbocycles. The largest absolute Gasteiger partial charge is 0.481 e. The van der Waals surface area contributed by atoms with Crippen molar-refractivity contribution in [2.24, 2.45) is 46.3 Å². The minimum absolute atomic E-state index is 0.179. The molecule has 0 aromatic rings. The molecule has 4 nitrogen and oxygen atoms in total. The number of carboxylic acid groups (broad SMARTS) is 1. The summed E-state index contributed by atoms with van der Waals surface area (Å²) in [5.74, 6) is 2.36. The first-order chi connectivity index (χ1) is 13.2. The van der Waals surface area contributed by atoms with E-state index in [9.17, 15) is 15.0 Å². The smallest absolute Gasteiger partial charge is 0.303 e. The minimum atomic E-state index is -0.684. The molecular formula is C24H40O4. The Bertz CT molecular complexity index is 605. The second-order valence-corrected chi connectivity index (χ2v) is 11.4. The number of hydrogen-bond acceptors (Lipinski definition) is 3. The van der Waals surface area contributed by atoms with Crippen LogP contribution in [0.25, 0.3) is 0 Å². The highest BCUT2D eigenvalue weighted by molar-refractivity contribution is 5.66. The normalized spacial score (nSPS) is 51.7. The average molecular weight is 393 g/mol. The van der Waals surface area contributed by atoms with Gasteiger partial charge in [-0.25, -0.2) is 0 Å². The highest BCUT2D eigenvalue weighted by atomic mass is 16.4. The lowest BCUT2D eigenvalue weighted by Crippen LogP contribution is -2.58. The Labute approximate surface area is 170 Å². The molecule has 0 saturated heterocycles. The number of aliphatic hydroxyl groups excluding tert-OH is 2. The Hall–Kier alpha value is -0.610. The van der Waals surface area contributed by atoms with Gasteiger partial charge < -0.3 is 15.3 Å². The van der Waals surface area contributed by atoms with Crippen molar-refractivity contribution in [3.63, 3.8) is 0 Å². The molecule has 0 aromatic heterocycles. The minimum Gasteiger partial charge on any atom is -0.481 e. The summed E-state index contributed by atoms with van der Waals surface area (Å²) >= 11 is 0. The third-order valence-corrected chi connectivity index (χ3v) is 10.2. The van der Waals surface area contributed by atoms with E-state index in [4.69, 9.17) is 5.11 Å². The highest BCUT2D eigenvalue weighted by Gasteiger charge is 2.62. The number of fused-ring (bicyclic) bond motifs is 5. The SMILES string of the molecule is CC(CCC(=O)O)[C@H]1CC[C@H]2[C@@H]3[C@H](O)C[C@@H]4C[C@@H](O)CC[C@]4(C)[C@H]3CC[C@]12C. The maximum atomic E-state index is 11.2. The lowest BCUT2D eigenvalue weighted by Gasteiger charge is -2.62. The molecule has 0 radical (unpaired) electrons. The van der Waals surface area contributed by atoms with E-state index in [1.165, 1.54) is 25.7 Å². The summed E-state index contributed by atoms with van der Waals surface area (Å²) in [5, 5.41) is 30.5. The second kappa shape index (κ2) is 7.27. The molecule has 4 rings (SSSR count). The fraction of sp³-hybridized carbons (Fsp3) is 0.958. The number of aliphatic carboxylic acids is 1. The van der Waals surface area contributed by atoms with Gasteiger partial charge in [-0.15, -0.1) is 0 Å². The van der Waals surface area contributed by atoms with Crippen LogP contribution >= 0.6 is 0 Å². The van der Waals surface area contributed by atoms with Gasteiger partial charge in [0, 0.05) is 6.42 Å². The molecule has 1 unspecified atom stereocenters. The van der Waals surface area contributed by atoms with Crippen molar-refractivity contribution in [3.8, 4) is 0 Å². The van der Waals surface area contributed by atoms with Gasteiger partial charge in [0.25, 0.3) is 0 Å². The summed E-state index contributed by atoms with van der Waals surface area (Å²) in [7, 11) is 0. The van der Waals surface area contributed by atoms with Crippen LogP contribution < -0.4 is 0 Å². The van der Waals surface area contributed by atoms with E-state index in [2.05, 4.69) is 20.8 Å². The first-order valence-corrected chi connectivity index (χ1v) is 11.7. The van der Waals surface area contributed by atoms with Crippen LogP contribution in [0.5, 0.6) is 0 Å². The number of carboxylic acids is 1. The molecule has 10 atom stereocenters. The molecule has 4 aliphatic rings. The van der Waals surface area contributed by atoms with Crippen molar-refractivity contribution < 1.29 is 20.1 Å². The second-order valence-electron chi connectivity index (χ2n) is 11.4. The molecule has 28 heavy (non-hydrogen) atoms. The molecular weight excluding hydrogens is 352 g/mol. The highest BCUT2D eigenvalue weighted by Crippen LogP contribution is 2.68. The number of hydrogen-bond donors (Lipinski definition) is 3. The summed E-state index contributed by atoms with van der Waals surface area (Å²) in [6.07, 6.45) is 9.19. The van der Waals surface area contributed by atoms with Crippen molar-refractivity contribution in [2.45, 2.75) is 97.2 Å². The zero-order chi connectivity index (χ0) is 20.3. The fourth-order valence-electron chi connectivity index (χ4n) is 8.73. The van der Waals surface area contributed by atoms with Crippen LogP contribution in [0.2, 0.25) is 0 Å². The van der Waals surface area contributed by atoms with Crippen LogP contribution in [0.4, 0.5) is 0 Å². The van der Waals surface area contributed by atoms with E-state index in [0.717, 1.165) is 32.1 Å². The van der Waals surface area contributed by atoms with E-state index in [1.807, 2.05) is 0 Å². The van der Waals surface area contributed by atoms with E-state index >= 15 is 0 Å². The summed E-state index contributed by atoms with van der Waals surface area (Å²) in [5.41, 5.74) is 0.523. The van der Waals surface area contributed by atoms with Gasteiger partial charge in [0.1, 0.15) is 0 Å². The van der Waals surface area contributed by atoms with Crippen LogP contribution in [0.15, 0.2) is 0 Å². The summed E-state index contributed by atoms with van der Waals surface area (Å²) < 4.78 is 0. The first-order valence-electron chi connectivity index (χ1n) is 11.7. The molecule has 0 heterocycles. The molecule has 0 amide bonds. The zero-order valence-corrected chi connectivity index (χ0v) is 17.9. The zero-order valence-electron chi connectivity index (χ0n) is 17.9. The maximum Gasteiger partial charge on any atom is 0.303 e. The quantitative estimate of drug-likeness (QED) is 0.659. The predicted octanol–water partition coefficient (Wildman–Crippen LogP) is 4.48. The summed E-state index contributed by atoms with van der Waals surface area (Å²) in [4.78, 5) is 11.1. The van der Waals surface area contributed by atoms with Crippen LogP contribution in [0.1, 0.15) is 85.0 Å². The summed E-state index contributed by atoms with van der Waals surface area (Å²) in [6, 6.07) is 0. The molecule has 3 N–H and O–H groups in total. The Kier molecular flexibility index (Phi) is 5.36. The van der Waals surface area contributed by atoms with E-state index in [1.54, 1.807) is 0 Å². The van der Waals surface area contributed by atoms with E-state index < -0.39 is 5.97 Å². The molecule has 4 heteroatoms. The van der Waals surface area contributed by atoms with E-state index in [-0.39, 0.29) is 29.5 Å². The topological polar surface area (TPSA) is 77.8 Å². The van der Waals surface area contributed by atoms with Gasteiger partial charge in [-0.05, 0) is 104 Å². The Morgan fingerprint density at radius 1 is 1.00 bits per heavy atom. The molecule has 0 bridgehead atoms. The van der Waals surface area contributed by atoms with Gasteiger partial charge in [0.05, 0.1) is 12.2 Å². The van der Waals surface area contributed by atoms with Crippen LogP contribution in [-0.4, -0.2) is 33.5 Å². The molecule has 4 fully saturated rings. The molecule has 4 aliphatic carbocycles. The van der Waals surface area contributed by atoms with Gasteiger partial charge in [0.15, 0.2) is 0 Å². The standard InChI is InChI=1S/C24H40O4/c1-14(4-7-21(27)28)17-5-6-18-22-19(9-11-24(17,18)3)23(2)10-8-16(25)12-15(23)13-20(22)26/h14-20,22,25-26H,4-13H2,1-3H3,(H,27,28)/t14?,15-,16-,17+,18-,19-,20+,22-,23-,24+/m0/s1. The Balaban J connectivity index is 1.55. The lowest BCUT2D eigenvalue weighted by molar-refractivity contribution is -0.174. The molecule has 0 aromatic carbocycles. The molecule has 0 aliphatic heterocycles. The lowest BCUT2D eigenvalue weighted by atomic mass is 9.43. The van der Waals surface area contributed by atoms with Gasteiger partial charge in [-0.2, -0.15) is 0 Å². The summed E-state index contributed by atoms with van der Waals surface area (Å²) in [6.45, 7) is 7.16. The number of rotatable bonds is 4. The van der Waals surface area contributed by atoms with Crippen LogP contribution in [0.3, 0.4) is 0 Å². The Morgan fingerprint density at radius 2 is 1.68 bits per heavy atom. The van der Waals surface area contributed by atoms with Crippen molar-refractivity contribution in [2.75, 3.05) is 0 Å². The fourth-order valence-corrected chi connectivity index (χ4v) is 8.73. The first kappa shape index (κ1) is 20.7. The van der Waals surface area contributed by atoms with Crippen molar-refractivity contribution in [1.29, 1.82) is 0 Å². The third-order valence-electron chi connectivity index (χ3n) is 10.2. The molecule has 0 spiro atoms.